The monoisotopic (exact) mass is 354 g/mol. The number of methoxy groups -OCH3 is 1. The first-order valence-electron chi connectivity index (χ1n) is 6.78. The SMILES string of the molecule is COc1cc(NS(=O)(=O)c2cc(C)sc2C)ccc1NC(C)=O. The van der Waals surface area contributed by atoms with Gasteiger partial charge in [-0.15, -0.1) is 11.3 Å². The predicted octanol–water partition coefficient (Wildman–Crippen LogP) is 3.13. The minimum absolute atomic E-state index is 0.235. The van der Waals surface area contributed by atoms with Gasteiger partial charge in [-0.3, -0.25) is 9.52 Å². The maximum absolute atomic E-state index is 12.5. The highest BCUT2D eigenvalue weighted by atomic mass is 32.2. The summed E-state index contributed by atoms with van der Waals surface area (Å²) in [6.07, 6.45) is 0. The van der Waals surface area contributed by atoms with Crippen LogP contribution in [0.25, 0.3) is 0 Å². The van der Waals surface area contributed by atoms with Crippen LogP contribution in [-0.2, 0) is 14.8 Å². The highest BCUT2D eigenvalue weighted by molar-refractivity contribution is 7.93. The van der Waals surface area contributed by atoms with E-state index in [0.29, 0.717) is 17.1 Å². The zero-order valence-electron chi connectivity index (χ0n) is 13.3. The van der Waals surface area contributed by atoms with Crippen molar-refractivity contribution in [1.82, 2.24) is 0 Å². The summed E-state index contributed by atoms with van der Waals surface area (Å²) in [5.74, 6) is 0.139. The summed E-state index contributed by atoms with van der Waals surface area (Å²) in [6.45, 7) is 5.02. The molecule has 0 atom stereocenters. The number of sulfonamides is 1. The molecule has 1 amide bonds. The Hall–Kier alpha value is -2.06. The van der Waals surface area contributed by atoms with Crippen LogP contribution in [0.5, 0.6) is 5.75 Å². The van der Waals surface area contributed by atoms with E-state index in [9.17, 15) is 13.2 Å². The van der Waals surface area contributed by atoms with E-state index in [1.165, 1.54) is 31.4 Å². The van der Waals surface area contributed by atoms with Crippen LogP contribution in [0.15, 0.2) is 29.2 Å². The molecule has 2 aromatic rings. The fourth-order valence-corrected chi connectivity index (χ4v) is 4.74. The number of aryl methyl sites for hydroxylation is 2. The Balaban J connectivity index is 2.33. The van der Waals surface area contributed by atoms with Crippen LogP contribution < -0.4 is 14.8 Å². The average Bonchev–Trinajstić information content (AvgIpc) is 2.79. The van der Waals surface area contributed by atoms with Gasteiger partial charge in [-0.05, 0) is 32.0 Å². The van der Waals surface area contributed by atoms with Crippen molar-refractivity contribution in [3.8, 4) is 5.75 Å². The fraction of sp³-hybridized carbons (Fsp3) is 0.267. The number of carbonyl (C=O) groups excluding carboxylic acids is 1. The van der Waals surface area contributed by atoms with Crippen molar-refractivity contribution in [1.29, 1.82) is 0 Å². The van der Waals surface area contributed by atoms with Crippen LogP contribution in [0.1, 0.15) is 16.7 Å². The molecule has 0 fully saturated rings. The van der Waals surface area contributed by atoms with Crippen molar-refractivity contribution in [3.63, 3.8) is 0 Å². The number of thiophene rings is 1. The second-order valence-corrected chi connectivity index (χ2v) is 8.09. The third kappa shape index (κ3) is 4.02. The molecule has 23 heavy (non-hydrogen) atoms. The molecule has 0 radical (unpaired) electrons. The molecule has 0 spiro atoms. The van der Waals surface area contributed by atoms with Crippen molar-refractivity contribution < 1.29 is 17.9 Å². The summed E-state index contributed by atoms with van der Waals surface area (Å²) in [7, 11) is -2.22. The van der Waals surface area contributed by atoms with E-state index in [-0.39, 0.29) is 10.8 Å². The van der Waals surface area contributed by atoms with Crippen molar-refractivity contribution in [2.24, 2.45) is 0 Å². The first kappa shape index (κ1) is 17.3. The van der Waals surface area contributed by atoms with Gasteiger partial charge in [0.1, 0.15) is 10.6 Å². The van der Waals surface area contributed by atoms with E-state index in [1.54, 1.807) is 25.1 Å². The molecule has 0 aliphatic carbocycles. The maximum Gasteiger partial charge on any atom is 0.263 e. The Labute approximate surface area is 139 Å². The van der Waals surface area contributed by atoms with Crippen molar-refractivity contribution in [2.75, 3.05) is 17.1 Å². The molecule has 8 heteroatoms. The highest BCUT2D eigenvalue weighted by Gasteiger charge is 2.20. The van der Waals surface area contributed by atoms with Gasteiger partial charge in [0.05, 0.1) is 18.5 Å². The van der Waals surface area contributed by atoms with Gasteiger partial charge in [0.2, 0.25) is 5.91 Å². The smallest absolute Gasteiger partial charge is 0.263 e. The van der Waals surface area contributed by atoms with Crippen LogP contribution in [0.2, 0.25) is 0 Å². The minimum atomic E-state index is -3.67. The Morgan fingerprint density at radius 3 is 2.43 bits per heavy atom. The molecule has 0 saturated carbocycles. The number of amides is 1. The second-order valence-electron chi connectivity index (χ2n) is 4.98. The summed E-state index contributed by atoms with van der Waals surface area (Å²) in [4.78, 5) is 13.1. The number of nitrogens with one attached hydrogen (secondary N) is 2. The van der Waals surface area contributed by atoms with Crippen molar-refractivity contribution in [3.05, 3.63) is 34.0 Å². The molecule has 2 rings (SSSR count). The van der Waals surface area contributed by atoms with Gasteiger partial charge >= 0.3 is 0 Å². The number of ether oxygens (including phenoxy) is 1. The topological polar surface area (TPSA) is 84.5 Å². The van der Waals surface area contributed by atoms with Gasteiger partial charge in [0.15, 0.2) is 0 Å². The lowest BCUT2D eigenvalue weighted by atomic mass is 10.2. The Kier molecular flexibility index (Phi) is 4.96. The lowest BCUT2D eigenvalue weighted by Gasteiger charge is -2.12. The molecule has 0 bridgehead atoms. The molecule has 2 N–H and O–H groups in total. The zero-order valence-corrected chi connectivity index (χ0v) is 14.9. The van der Waals surface area contributed by atoms with Gasteiger partial charge in [-0.2, -0.15) is 0 Å². The lowest BCUT2D eigenvalue weighted by Crippen LogP contribution is -2.13. The maximum atomic E-state index is 12.5. The summed E-state index contributed by atoms with van der Waals surface area (Å²) in [5.41, 5.74) is 0.838. The summed E-state index contributed by atoms with van der Waals surface area (Å²) < 4.78 is 32.7. The van der Waals surface area contributed by atoms with Gasteiger partial charge in [0.25, 0.3) is 10.0 Å². The van der Waals surface area contributed by atoms with E-state index in [4.69, 9.17) is 4.74 Å². The first-order valence-corrected chi connectivity index (χ1v) is 9.08. The fourth-order valence-electron chi connectivity index (χ4n) is 2.13. The van der Waals surface area contributed by atoms with Crippen LogP contribution in [0, 0.1) is 13.8 Å². The molecule has 1 aromatic heterocycles. The number of hydrogen-bond donors (Lipinski definition) is 2. The normalized spacial score (nSPS) is 11.1. The van der Waals surface area contributed by atoms with Crippen LogP contribution in [-0.4, -0.2) is 21.4 Å². The van der Waals surface area contributed by atoms with Gasteiger partial charge in [0, 0.05) is 22.7 Å². The number of benzene rings is 1. The molecular weight excluding hydrogens is 336 g/mol. The Morgan fingerprint density at radius 2 is 1.91 bits per heavy atom. The Morgan fingerprint density at radius 1 is 1.22 bits per heavy atom. The second kappa shape index (κ2) is 6.59. The quantitative estimate of drug-likeness (QED) is 0.864. The van der Waals surface area contributed by atoms with E-state index in [1.807, 2.05) is 6.92 Å². The van der Waals surface area contributed by atoms with Crippen LogP contribution in [0.4, 0.5) is 11.4 Å². The molecule has 1 aromatic carbocycles. The summed E-state index contributed by atoms with van der Waals surface area (Å²) >= 11 is 1.43. The summed E-state index contributed by atoms with van der Waals surface area (Å²) in [5, 5.41) is 2.62. The molecule has 0 unspecified atom stereocenters. The summed E-state index contributed by atoms with van der Waals surface area (Å²) in [6, 6.07) is 6.33. The van der Waals surface area contributed by atoms with E-state index in [2.05, 4.69) is 10.0 Å². The Bertz CT molecular complexity index is 841. The molecule has 6 nitrogen and oxygen atoms in total. The van der Waals surface area contributed by atoms with Crippen LogP contribution in [0.3, 0.4) is 0 Å². The lowest BCUT2D eigenvalue weighted by molar-refractivity contribution is -0.114. The van der Waals surface area contributed by atoms with Crippen molar-refractivity contribution in [2.45, 2.75) is 25.7 Å². The predicted molar refractivity (Wildman–Crippen MR) is 91.9 cm³/mol. The van der Waals surface area contributed by atoms with Gasteiger partial charge in [-0.25, -0.2) is 8.42 Å². The van der Waals surface area contributed by atoms with E-state index in [0.717, 1.165) is 9.75 Å². The number of carbonyl (C=O) groups is 1. The highest BCUT2D eigenvalue weighted by Crippen LogP contribution is 2.31. The largest absolute Gasteiger partial charge is 0.494 e. The molecule has 1 heterocycles. The zero-order chi connectivity index (χ0) is 17.2. The number of hydrogen-bond acceptors (Lipinski definition) is 5. The molecule has 0 aliphatic heterocycles. The van der Waals surface area contributed by atoms with E-state index >= 15 is 0 Å². The number of anilines is 2. The molecule has 0 aliphatic rings. The van der Waals surface area contributed by atoms with Crippen LogP contribution >= 0.6 is 11.3 Å². The van der Waals surface area contributed by atoms with Gasteiger partial charge in [-0.1, -0.05) is 0 Å². The standard InChI is InChI=1S/C15H18N2O4S2/c1-9-7-15(10(2)22-9)23(19,20)17-12-5-6-13(16-11(3)18)14(8-12)21-4/h5-8,17H,1-4H3,(H,16,18). The minimum Gasteiger partial charge on any atom is -0.494 e. The first-order chi connectivity index (χ1) is 10.7. The molecule has 124 valence electrons. The van der Waals surface area contributed by atoms with Gasteiger partial charge < -0.3 is 10.1 Å². The molecular formula is C15H18N2O4S2. The van der Waals surface area contributed by atoms with Crippen molar-refractivity contribution >= 4 is 38.6 Å². The third-order valence-corrected chi connectivity index (χ3v) is 5.65. The molecule has 0 saturated heterocycles. The third-order valence-electron chi connectivity index (χ3n) is 3.05. The average molecular weight is 354 g/mol. The number of rotatable bonds is 5. The van der Waals surface area contributed by atoms with E-state index < -0.39 is 10.0 Å².